The fraction of sp³-hybridized carbons (Fsp3) is 0.741. The van der Waals surface area contributed by atoms with Gasteiger partial charge in [0.15, 0.2) is 0 Å². The van der Waals surface area contributed by atoms with E-state index in [1.807, 2.05) is 0 Å². The van der Waals surface area contributed by atoms with Crippen molar-refractivity contribution < 1.29 is 0 Å². The van der Waals surface area contributed by atoms with E-state index in [0.717, 1.165) is 12.8 Å². The summed E-state index contributed by atoms with van der Waals surface area (Å²) in [6.07, 6.45) is 3.42. The van der Waals surface area contributed by atoms with Gasteiger partial charge in [-0.1, -0.05) is 94.3 Å². The molecule has 0 aliphatic carbocycles. The van der Waals surface area contributed by atoms with Crippen molar-refractivity contribution in [2.75, 3.05) is 4.90 Å². The highest BCUT2D eigenvalue weighted by atomic mass is 31.2. The van der Waals surface area contributed by atoms with E-state index < -0.39 is 6.89 Å². The van der Waals surface area contributed by atoms with Crippen LogP contribution in [0.1, 0.15) is 101 Å². The summed E-state index contributed by atoms with van der Waals surface area (Å²) in [4.78, 5) is 2.89. The van der Waals surface area contributed by atoms with Crippen LogP contribution in [0.15, 0.2) is 18.2 Å². The number of anilines is 1. The van der Waals surface area contributed by atoms with Crippen molar-refractivity contribution in [3.8, 4) is 0 Å². The fourth-order valence-electron chi connectivity index (χ4n) is 6.96. The molecule has 0 spiro atoms. The molecule has 0 unspecified atom stereocenters. The molecule has 1 aromatic rings. The summed E-state index contributed by atoms with van der Waals surface area (Å²) in [5, 5.41) is 0. The zero-order valence-corrected chi connectivity index (χ0v) is 22.4. The van der Waals surface area contributed by atoms with Gasteiger partial charge in [-0.25, -0.2) is 0 Å². The maximum Gasteiger partial charge on any atom is 0.0478 e. The Morgan fingerprint density at radius 2 is 1.24 bits per heavy atom. The molecule has 1 aromatic carbocycles. The maximum absolute atomic E-state index is 2.89. The van der Waals surface area contributed by atoms with Crippen LogP contribution in [-0.2, 0) is 12.8 Å². The van der Waals surface area contributed by atoms with E-state index in [4.69, 9.17) is 0 Å². The number of hydrogen-bond donors (Lipinski definition) is 0. The molecule has 1 aliphatic rings. The van der Waals surface area contributed by atoms with Gasteiger partial charge in [0.25, 0.3) is 0 Å². The highest BCUT2D eigenvalue weighted by Gasteiger charge is 2.53. The van der Waals surface area contributed by atoms with Gasteiger partial charge in [0.2, 0.25) is 0 Å². The smallest absolute Gasteiger partial charge is 0.0478 e. The van der Waals surface area contributed by atoms with Crippen LogP contribution in [0.3, 0.4) is 0 Å². The van der Waals surface area contributed by atoms with Crippen molar-refractivity contribution in [2.24, 2.45) is 5.41 Å². The molecule has 2 heteroatoms. The summed E-state index contributed by atoms with van der Waals surface area (Å²) < 4.78 is 0. The molecule has 1 fully saturated rings. The van der Waals surface area contributed by atoms with Gasteiger partial charge in [-0.3, -0.25) is 0 Å². The summed E-state index contributed by atoms with van der Waals surface area (Å²) in [5.41, 5.74) is 8.83. The van der Waals surface area contributed by atoms with Crippen molar-refractivity contribution in [2.45, 2.75) is 125 Å². The Labute approximate surface area is 182 Å². The van der Waals surface area contributed by atoms with E-state index in [1.165, 1.54) is 23.2 Å². The molecular weight excluding hydrogens is 369 g/mol. The molecule has 1 aliphatic heterocycles. The Morgan fingerprint density at radius 1 is 0.828 bits per heavy atom. The lowest BCUT2D eigenvalue weighted by atomic mass is 9.86. The van der Waals surface area contributed by atoms with Crippen LogP contribution in [-0.4, -0.2) is 27.9 Å². The minimum absolute atomic E-state index is 0.137. The number of hydrogen-bond acceptors (Lipinski definition) is 0. The van der Waals surface area contributed by atoms with Crippen LogP contribution >= 0.6 is 6.89 Å². The molecule has 0 amide bonds. The van der Waals surface area contributed by atoms with Crippen molar-refractivity contribution in [3.63, 3.8) is 0 Å². The van der Waals surface area contributed by atoms with Gasteiger partial charge >= 0.3 is 0 Å². The first kappa shape index (κ1) is 24.6. The van der Waals surface area contributed by atoms with Crippen LogP contribution in [0.4, 0.5) is 5.69 Å². The largest absolute Gasteiger partial charge is 0.339 e. The summed E-state index contributed by atoms with van der Waals surface area (Å²) in [5.74, 6) is 0. The Hall–Kier alpha value is -0.680. The van der Waals surface area contributed by atoms with Gasteiger partial charge in [-0.05, 0) is 61.2 Å². The van der Waals surface area contributed by atoms with E-state index in [0.29, 0.717) is 17.0 Å². The first-order valence-corrected chi connectivity index (χ1v) is 14.0. The molecule has 0 radical (unpaired) electrons. The molecule has 2 rings (SSSR count). The predicted octanol–water partition coefficient (Wildman–Crippen LogP) is 8.20. The number of para-hydroxylation sites is 1. The Kier molecular flexibility index (Phi) is 7.17. The van der Waals surface area contributed by atoms with E-state index in [2.05, 4.69) is 106 Å². The van der Waals surface area contributed by atoms with E-state index in [9.17, 15) is 0 Å². The second kappa shape index (κ2) is 8.45. The fourth-order valence-corrected chi connectivity index (χ4v) is 13.8. The second-order valence-electron chi connectivity index (χ2n) is 11.3. The lowest BCUT2D eigenvalue weighted by molar-refractivity contribution is 0.405. The van der Waals surface area contributed by atoms with E-state index in [1.54, 1.807) is 5.42 Å². The average Bonchev–Trinajstić information content (AvgIpc) is 2.77. The first-order chi connectivity index (χ1) is 13.3. The molecule has 1 heterocycles. The summed E-state index contributed by atoms with van der Waals surface area (Å²) in [6.45, 7) is 28.3. The minimum atomic E-state index is -1.40. The highest BCUT2D eigenvalue weighted by Crippen LogP contribution is 2.67. The van der Waals surface area contributed by atoms with Crippen molar-refractivity contribution in [1.82, 2.24) is 0 Å². The normalized spacial score (nSPS) is 19.1. The van der Waals surface area contributed by atoms with Crippen molar-refractivity contribution in [1.29, 1.82) is 0 Å². The molecule has 1 saturated heterocycles. The van der Waals surface area contributed by atoms with Gasteiger partial charge in [-0.15, -0.1) is 0 Å². The molecule has 0 atom stereocenters. The monoisotopic (exact) mass is 417 g/mol. The number of nitrogens with zero attached hydrogens (tertiary/aromatic N) is 1. The maximum atomic E-state index is 2.89. The third-order valence-corrected chi connectivity index (χ3v) is 14.1. The lowest BCUT2D eigenvalue weighted by Crippen LogP contribution is -2.45. The summed E-state index contributed by atoms with van der Waals surface area (Å²) in [6, 6.07) is 7.01. The molecule has 0 saturated carbocycles. The van der Waals surface area contributed by atoms with Crippen molar-refractivity contribution >= 4 is 18.0 Å². The average molecular weight is 418 g/mol. The lowest BCUT2D eigenvalue weighted by Gasteiger charge is -2.48. The van der Waals surface area contributed by atoms with Crippen LogP contribution in [0.25, 0.3) is 0 Å². The summed E-state index contributed by atoms with van der Waals surface area (Å²) >= 11 is 0. The van der Waals surface area contributed by atoms with Gasteiger partial charge in [0.1, 0.15) is 0 Å². The number of rotatable bonds is 6. The van der Waals surface area contributed by atoms with E-state index in [-0.39, 0.29) is 11.0 Å². The topological polar surface area (TPSA) is 3.24 Å². The SMILES string of the molecule is CCc1cccc(CC)c1N1C(=P(C(C)C)(C(C)C)C(C)C)C(C)(C)CC1(C)C. The van der Waals surface area contributed by atoms with Gasteiger partial charge in [0, 0.05) is 22.1 Å². The van der Waals surface area contributed by atoms with Gasteiger partial charge < -0.3 is 4.90 Å². The van der Waals surface area contributed by atoms with Gasteiger partial charge in [0.05, 0.1) is 0 Å². The Balaban J connectivity index is 3.12. The molecule has 29 heavy (non-hydrogen) atoms. The quantitative estimate of drug-likeness (QED) is 0.422. The number of benzene rings is 1. The third-order valence-electron chi connectivity index (χ3n) is 7.42. The Morgan fingerprint density at radius 3 is 1.59 bits per heavy atom. The van der Waals surface area contributed by atoms with Crippen LogP contribution in [0.5, 0.6) is 0 Å². The molecule has 0 bridgehead atoms. The zero-order chi connectivity index (χ0) is 22.4. The summed E-state index contributed by atoms with van der Waals surface area (Å²) in [7, 11) is 0. The van der Waals surface area contributed by atoms with Crippen LogP contribution < -0.4 is 4.90 Å². The van der Waals surface area contributed by atoms with E-state index >= 15 is 0 Å². The van der Waals surface area contributed by atoms with Crippen LogP contribution in [0.2, 0.25) is 0 Å². The zero-order valence-electron chi connectivity index (χ0n) is 21.5. The molecule has 0 N–H and O–H groups in total. The molecule has 166 valence electrons. The Bertz CT molecular complexity index is 729. The van der Waals surface area contributed by atoms with Crippen LogP contribution in [0, 0.1) is 5.41 Å². The molecule has 0 aromatic heterocycles. The minimum Gasteiger partial charge on any atom is -0.339 e. The second-order valence-corrected chi connectivity index (χ2v) is 16.5. The van der Waals surface area contributed by atoms with Gasteiger partial charge in [-0.2, -0.15) is 0 Å². The standard InChI is InChI=1S/C27H48NP/c1-13-22-16-15-17-23(14-2)24(22)28-25(26(9,10)18-27(28,11)12)29(19(3)4,20(5)6)21(7)8/h15-17,19-21H,13-14,18H2,1-12H3. The first-order valence-electron chi connectivity index (χ1n) is 12.0. The van der Waals surface area contributed by atoms with Crippen molar-refractivity contribution in [3.05, 3.63) is 29.3 Å². The molecular formula is C27H48NP. The highest BCUT2D eigenvalue weighted by molar-refractivity contribution is 7.78. The third kappa shape index (κ3) is 3.86. The predicted molar refractivity (Wildman–Crippen MR) is 137 cm³/mol. The molecule has 1 nitrogen and oxygen atoms in total. The number of aryl methyl sites for hydroxylation is 2.